The Hall–Kier alpha value is -3.30. The molecule has 0 aliphatic carbocycles. The molecular weight excluding hydrogens is 428 g/mol. The molecule has 9 heteroatoms. The molecule has 1 saturated heterocycles. The largest absolute Gasteiger partial charge is 0.506 e. The van der Waals surface area contributed by atoms with Crippen molar-refractivity contribution in [2.75, 3.05) is 57.2 Å². The molecule has 0 spiro atoms. The average Bonchev–Trinajstić information content (AvgIpc) is 3.27. The van der Waals surface area contributed by atoms with Crippen molar-refractivity contribution in [2.45, 2.75) is 0 Å². The third-order valence-electron chi connectivity index (χ3n) is 5.40. The number of piperazine rings is 1. The van der Waals surface area contributed by atoms with Gasteiger partial charge in [-0.25, -0.2) is 4.98 Å². The highest BCUT2D eigenvalue weighted by Crippen LogP contribution is 2.35. The van der Waals surface area contributed by atoms with Crippen LogP contribution in [-0.2, 0) is 4.79 Å². The van der Waals surface area contributed by atoms with Gasteiger partial charge < -0.3 is 24.8 Å². The number of hydrogen-bond acceptors (Lipinski definition) is 8. The second-order valence-corrected chi connectivity index (χ2v) is 8.26. The van der Waals surface area contributed by atoms with Crippen LogP contribution < -0.4 is 19.7 Å². The topological polar surface area (TPSA) is 87.2 Å². The summed E-state index contributed by atoms with van der Waals surface area (Å²) in [5, 5.41) is 15.4. The Morgan fingerprint density at radius 2 is 1.91 bits per heavy atom. The molecule has 1 amide bonds. The van der Waals surface area contributed by atoms with Crippen molar-refractivity contribution >= 4 is 28.1 Å². The third-order valence-corrected chi connectivity index (χ3v) is 6.15. The molecule has 0 saturated carbocycles. The van der Waals surface area contributed by atoms with Crippen LogP contribution in [0.25, 0.3) is 11.3 Å². The number of ether oxygens (including phenoxy) is 2. The first kappa shape index (κ1) is 21.9. The fourth-order valence-electron chi connectivity index (χ4n) is 3.71. The summed E-state index contributed by atoms with van der Waals surface area (Å²) in [6, 6.07) is 12.9. The molecule has 2 aromatic carbocycles. The number of anilines is 2. The van der Waals surface area contributed by atoms with Crippen molar-refractivity contribution in [1.82, 2.24) is 9.88 Å². The number of phenols is 1. The number of nitrogens with zero attached hydrogens (tertiary/aromatic N) is 3. The van der Waals surface area contributed by atoms with E-state index in [-0.39, 0.29) is 11.7 Å². The van der Waals surface area contributed by atoms with Crippen LogP contribution in [0.1, 0.15) is 0 Å². The van der Waals surface area contributed by atoms with E-state index in [2.05, 4.69) is 20.1 Å². The van der Waals surface area contributed by atoms with Gasteiger partial charge in [0.1, 0.15) is 17.2 Å². The van der Waals surface area contributed by atoms with Crippen LogP contribution in [0.4, 0.5) is 10.8 Å². The van der Waals surface area contributed by atoms with Crippen molar-refractivity contribution in [1.29, 1.82) is 0 Å². The van der Waals surface area contributed by atoms with Crippen molar-refractivity contribution in [2.24, 2.45) is 0 Å². The van der Waals surface area contributed by atoms with Gasteiger partial charge in [-0.1, -0.05) is 12.1 Å². The lowest BCUT2D eigenvalue weighted by molar-refractivity contribution is -0.117. The Bertz CT molecular complexity index is 1080. The zero-order chi connectivity index (χ0) is 22.5. The quantitative estimate of drug-likeness (QED) is 0.566. The predicted molar refractivity (Wildman–Crippen MR) is 126 cm³/mol. The molecular formula is C23H26N4O4S. The monoisotopic (exact) mass is 454 g/mol. The van der Waals surface area contributed by atoms with E-state index in [0.29, 0.717) is 23.2 Å². The van der Waals surface area contributed by atoms with Crippen molar-refractivity contribution < 1.29 is 19.4 Å². The van der Waals surface area contributed by atoms with E-state index < -0.39 is 0 Å². The molecule has 0 bridgehead atoms. The summed E-state index contributed by atoms with van der Waals surface area (Å²) >= 11 is 1.38. The molecule has 1 aliphatic heterocycles. The zero-order valence-electron chi connectivity index (χ0n) is 18.1. The van der Waals surface area contributed by atoms with Gasteiger partial charge in [0.05, 0.1) is 32.1 Å². The second-order valence-electron chi connectivity index (χ2n) is 7.40. The standard InChI is InChI=1S/C23H26N4O4S/c1-30-16-7-8-17(21(13-16)31-2)18-15-32-23(24-18)25-22(29)14-26-9-11-27(12-10-26)19-5-3-4-6-20(19)28/h3-8,13,15,28H,9-12,14H2,1-2H3,(H,24,25,29). The molecule has 0 atom stereocenters. The summed E-state index contributed by atoms with van der Waals surface area (Å²) in [4.78, 5) is 21.4. The molecule has 1 aliphatic rings. The van der Waals surface area contributed by atoms with Gasteiger partial charge in [-0.15, -0.1) is 11.3 Å². The maximum atomic E-state index is 12.6. The molecule has 3 aromatic rings. The number of para-hydroxylation sites is 2. The van der Waals surface area contributed by atoms with Crippen molar-refractivity contribution in [3.63, 3.8) is 0 Å². The maximum absolute atomic E-state index is 12.6. The number of hydrogen-bond donors (Lipinski definition) is 2. The highest BCUT2D eigenvalue weighted by atomic mass is 32.1. The molecule has 1 aromatic heterocycles. The first-order valence-corrected chi connectivity index (χ1v) is 11.2. The first-order chi connectivity index (χ1) is 15.6. The number of rotatable bonds is 7. The Labute approximate surface area is 191 Å². The van der Waals surface area contributed by atoms with E-state index in [1.54, 1.807) is 20.3 Å². The van der Waals surface area contributed by atoms with E-state index in [1.807, 2.05) is 41.8 Å². The highest BCUT2D eigenvalue weighted by molar-refractivity contribution is 7.14. The predicted octanol–water partition coefficient (Wildman–Crippen LogP) is 3.29. The van der Waals surface area contributed by atoms with E-state index in [4.69, 9.17) is 9.47 Å². The van der Waals surface area contributed by atoms with Crippen LogP contribution >= 0.6 is 11.3 Å². The smallest absolute Gasteiger partial charge is 0.240 e. The molecule has 32 heavy (non-hydrogen) atoms. The van der Waals surface area contributed by atoms with Gasteiger partial charge in [-0.05, 0) is 24.3 Å². The molecule has 0 unspecified atom stereocenters. The zero-order valence-corrected chi connectivity index (χ0v) is 18.9. The van der Waals surface area contributed by atoms with Gasteiger partial charge >= 0.3 is 0 Å². The number of thiazole rings is 1. The van der Waals surface area contributed by atoms with Gasteiger partial charge in [-0.2, -0.15) is 0 Å². The lowest BCUT2D eigenvalue weighted by Gasteiger charge is -2.35. The van der Waals surface area contributed by atoms with E-state index in [1.165, 1.54) is 11.3 Å². The molecule has 4 rings (SSSR count). The van der Waals surface area contributed by atoms with E-state index in [0.717, 1.165) is 43.1 Å². The Morgan fingerprint density at radius 1 is 1.12 bits per heavy atom. The van der Waals surface area contributed by atoms with Gasteiger partial charge in [0.2, 0.25) is 5.91 Å². The normalized spacial score (nSPS) is 14.2. The van der Waals surface area contributed by atoms with Crippen LogP contribution in [0, 0.1) is 0 Å². The number of methoxy groups -OCH3 is 2. The summed E-state index contributed by atoms with van der Waals surface area (Å²) in [7, 11) is 3.21. The highest BCUT2D eigenvalue weighted by Gasteiger charge is 2.21. The van der Waals surface area contributed by atoms with Gasteiger partial charge in [0, 0.05) is 43.2 Å². The van der Waals surface area contributed by atoms with E-state index in [9.17, 15) is 9.90 Å². The Balaban J connectivity index is 1.32. The number of benzene rings is 2. The minimum Gasteiger partial charge on any atom is -0.506 e. The van der Waals surface area contributed by atoms with Crippen LogP contribution in [0.3, 0.4) is 0 Å². The number of aromatic nitrogens is 1. The van der Waals surface area contributed by atoms with Crippen LogP contribution in [-0.4, -0.2) is 67.8 Å². The molecule has 2 heterocycles. The summed E-state index contributed by atoms with van der Waals surface area (Å²) in [5.74, 6) is 1.56. The fraction of sp³-hybridized carbons (Fsp3) is 0.304. The number of amides is 1. The van der Waals surface area contributed by atoms with Gasteiger partial charge in [-0.3, -0.25) is 9.69 Å². The molecule has 8 nitrogen and oxygen atoms in total. The molecule has 2 N–H and O–H groups in total. The molecule has 0 radical (unpaired) electrons. The lowest BCUT2D eigenvalue weighted by atomic mass is 10.1. The maximum Gasteiger partial charge on any atom is 0.240 e. The van der Waals surface area contributed by atoms with Crippen molar-refractivity contribution in [3.05, 3.63) is 47.8 Å². The number of aromatic hydroxyl groups is 1. The fourth-order valence-corrected chi connectivity index (χ4v) is 4.43. The number of phenolic OH excluding ortho intramolecular Hbond substituents is 1. The van der Waals surface area contributed by atoms with Crippen LogP contribution in [0.5, 0.6) is 17.2 Å². The summed E-state index contributed by atoms with van der Waals surface area (Å²) in [5.41, 5.74) is 2.41. The minimum absolute atomic E-state index is 0.0939. The lowest BCUT2D eigenvalue weighted by Crippen LogP contribution is -2.48. The second kappa shape index (κ2) is 9.88. The summed E-state index contributed by atoms with van der Waals surface area (Å²) < 4.78 is 10.7. The summed E-state index contributed by atoms with van der Waals surface area (Å²) in [6.07, 6.45) is 0. The minimum atomic E-state index is -0.0939. The van der Waals surface area contributed by atoms with Gasteiger partial charge in [0.25, 0.3) is 0 Å². The summed E-state index contributed by atoms with van der Waals surface area (Å²) in [6.45, 7) is 3.30. The SMILES string of the molecule is COc1ccc(-c2csc(NC(=O)CN3CCN(c4ccccc4O)CC3)n2)c(OC)c1. The molecule has 168 valence electrons. The van der Waals surface area contributed by atoms with Crippen LogP contribution in [0.15, 0.2) is 47.8 Å². The Morgan fingerprint density at radius 3 is 2.62 bits per heavy atom. The number of carbonyl (C=O) groups excluding carboxylic acids is 1. The molecule has 1 fully saturated rings. The third kappa shape index (κ3) is 4.95. The first-order valence-electron chi connectivity index (χ1n) is 10.3. The Kier molecular flexibility index (Phi) is 6.77. The van der Waals surface area contributed by atoms with Gasteiger partial charge in [0.15, 0.2) is 5.13 Å². The van der Waals surface area contributed by atoms with Crippen molar-refractivity contribution in [3.8, 4) is 28.5 Å². The van der Waals surface area contributed by atoms with E-state index >= 15 is 0 Å². The number of nitrogens with one attached hydrogen (secondary N) is 1. The average molecular weight is 455 g/mol. The van der Waals surface area contributed by atoms with Crippen LogP contribution in [0.2, 0.25) is 0 Å². The number of carbonyl (C=O) groups is 1.